The Kier molecular flexibility index (Phi) is 2.69. The lowest BCUT2D eigenvalue weighted by Crippen LogP contribution is -2.27. The molecule has 0 atom stereocenters. The van der Waals surface area contributed by atoms with Crippen molar-refractivity contribution in [2.45, 2.75) is 6.42 Å². The van der Waals surface area contributed by atoms with E-state index >= 15 is 0 Å². The second-order valence-electron chi connectivity index (χ2n) is 3.25. The Morgan fingerprint density at radius 2 is 2.06 bits per heavy atom. The Balaban J connectivity index is 2.64. The standard InChI is InChI=1S/C10H5Cl2NO3/c11-4-1-6(12)5-3-8(14)9(10(15)16)13-7(5)2-4/h1-2H,3H2,(H,15,16). The van der Waals surface area contributed by atoms with E-state index in [1.165, 1.54) is 12.1 Å². The molecule has 0 saturated carbocycles. The topological polar surface area (TPSA) is 66.7 Å². The maximum absolute atomic E-state index is 11.4. The molecule has 0 saturated heterocycles. The van der Waals surface area contributed by atoms with Crippen LogP contribution in [0, 0.1) is 0 Å². The Morgan fingerprint density at radius 1 is 1.38 bits per heavy atom. The van der Waals surface area contributed by atoms with Crippen molar-refractivity contribution in [2.75, 3.05) is 0 Å². The normalized spacial score (nSPS) is 14.4. The summed E-state index contributed by atoms with van der Waals surface area (Å²) in [5, 5.41) is 9.43. The highest BCUT2D eigenvalue weighted by Gasteiger charge is 2.27. The molecule has 0 radical (unpaired) electrons. The first-order chi connectivity index (χ1) is 7.49. The summed E-state index contributed by atoms with van der Waals surface area (Å²) in [7, 11) is 0. The molecule has 0 unspecified atom stereocenters. The number of carbonyl (C=O) groups excluding carboxylic acids is 1. The maximum Gasteiger partial charge on any atom is 0.358 e. The van der Waals surface area contributed by atoms with Crippen molar-refractivity contribution in [3.05, 3.63) is 27.7 Å². The van der Waals surface area contributed by atoms with Crippen molar-refractivity contribution in [3.8, 4) is 0 Å². The lowest BCUT2D eigenvalue weighted by atomic mass is 10.0. The van der Waals surface area contributed by atoms with Gasteiger partial charge in [0, 0.05) is 22.0 Å². The van der Waals surface area contributed by atoms with Gasteiger partial charge in [-0.15, -0.1) is 0 Å². The van der Waals surface area contributed by atoms with E-state index in [0.717, 1.165) is 0 Å². The first-order valence-electron chi connectivity index (χ1n) is 4.32. The molecule has 1 aliphatic rings. The predicted octanol–water partition coefficient (Wildman–Crippen LogP) is 2.28. The Hall–Kier alpha value is -1.39. The Labute approximate surface area is 101 Å². The fourth-order valence-corrected chi connectivity index (χ4v) is 2.01. The SMILES string of the molecule is O=C(O)C1=Nc2cc(Cl)cc(Cl)c2CC1=O. The molecule has 0 aliphatic carbocycles. The smallest absolute Gasteiger partial charge is 0.358 e. The molecular formula is C10H5Cl2NO3. The third kappa shape index (κ3) is 1.81. The molecule has 82 valence electrons. The molecule has 0 bridgehead atoms. The van der Waals surface area contributed by atoms with Crippen LogP contribution in [0.5, 0.6) is 0 Å². The van der Waals surface area contributed by atoms with E-state index in [1.807, 2.05) is 0 Å². The largest absolute Gasteiger partial charge is 0.476 e. The molecule has 1 aromatic carbocycles. The zero-order valence-electron chi connectivity index (χ0n) is 7.83. The van der Waals surface area contributed by atoms with Gasteiger partial charge in [-0.2, -0.15) is 0 Å². The van der Waals surface area contributed by atoms with Crippen LogP contribution in [-0.2, 0) is 16.0 Å². The van der Waals surface area contributed by atoms with Gasteiger partial charge in [0.2, 0.25) is 0 Å². The first-order valence-corrected chi connectivity index (χ1v) is 5.07. The average Bonchev–Trinajstić information content (AvgIpc) is 2.18. The van der Waals surface area contributed by atoms with E-state index in [-0.39, 0.29) is 6.42 Å². The highest BCUT2D eigenvalue weighted by atomic mass is 35.5. The van der Waals surface area contributed by atoms with Gasteiger partial charge in [-0.1, -0.05) is 23.2 Å². The summed E-state index contributed by atoms with van der Waals surface area (Å²) in [5.41, 5.74) is 0.376. The van der Waals surface area contributed by atoms with E-state index in [4.69, 9.17) is 28.3 Å². The van der Waals surface area contributed by atoms with Crippen LogP contribution >= 0.6 is 23.2 Å². The van der Waals surface area contributed by atoms with Crippen molar-refractivity contribution < 1.29 is 14.7 Å². The average molecular weight is 258 g/mol. The number of aliphatic imine (C=N–C) groups is 1. The van der Waals surface area contributed by atoms with Crippen molar-refractivity contribution in [2.24, 2.45) is 4.99 Å². The van der Waals surface area contributed by atoms with Crippen LogP contribution in [0.25, 0.3) is 0 Å². The molecular weight excluding hydrogens is 253 g/mol. The maximum atomic E-state index is 11.4. The highest BCUT2D eigenvalue weighted by molar-refractivity contribution is 6.65. The number of ketones is 1. The van der Waals surface area contributed by atoms with Gasteiger partial charge < -0.3 is 5.11 Å². The van der Waals surface area contributed by atoms with E-state index in [2.05, 4.69) is 4.99 Å². The van der Waals surface area contributed by atoms with Crippen LogP contribution < -0.4 is 0 Å². The van der Waals surface area contributed by atoms with E-state index in [1.54, 1.807) is 0 Å². The molecule has 1 heterocycles. The minimum atomic E-state index is -1.34. The van der Waals surface area contributed by atoms with E-state index < -0.39 is 17.5 Å². The summed E-state index contributed by atoms with van der Waals surface area (Å²) in [6, 6.07) is 2.98. The summed E-state index contributed by atoms with van der Waals surface area (Å²) in [4.78, 5) is 25.9. The molecule has 1 N–H and O–H groups in total. The van der Waals surface area contributed by atoms with Gasteiger partial charge in [0.25, 0.3) is 0 Å². The van der Waals surface area contributed by atoms with Gasteiger partial charge in [-0.3, -0.25) is 4.79 Å². The number of hydrogen-bond donors (Lipinski definition) is 1. The van der Waals surface area contributed by atoms with Crippen molar-refractivity contribution >= 4 is 46.4 Å². The third-order valence-corrected chi connectivity index (χ3v) is 2.73. The van der Waals surface area contributed by atoms with Crippen molar-refractivity contribution in [3.63, 3.8) is 0 Å². The molecule has 4 nitrogen and oxygen atoms in total. The number of hydrogen-bond acceptors (Lipinski definition) is 3. The van der Waals surface area contributed by atoms with Gasteiger partial charge in [0.1, 0.15) is 0 Å². The fraction of sp³-hybridized carbons (Fsp3) is 0.100. The second-order valence-corrected chi connectivity index (χ2v) is 4.09. The van der Waals surface area contributed by atoms with Crippen LogP contribution in [0.15, 0.2) is 17.1 Å². The summed E-state index contributed by atoms with van der Waals surface area (Å²) in [5.74, 6) is -1.89. The second kappa shape index (κ2) is 3.88. The molecule has 6 heteroatoms. The van der Waals surface area contributed by atoms with Crippen molar-refractivity contribution in [1.29, 1.82) is 0 Å². The number of carboxylic acids is 1. The molecule has 1 aliphatic heterocycles. The molecule has 0 aromatic heterocycles. The lowest BCUT2D eigenvalue weighted by molar-refractivity contribution is -0.130. The third-order valence-electron chi connectivity index (χ3n) is 2.17. The predicted molar refractivity (Wildman–Crippen MR) is 59.9 cm³/mol. The Bertz CT molecular complexity index is 537. The van der Waals surface area contributed by atoms with E-state index in [0.29, 0.717) is 21.3 Å². The van der Waals surface area contributed by atoms with Gasteiger partial charge in [-0.25, -0.2) is 9.79 Å². The number of carboxylic acid groups (broad SMARTS) is 1. The van der Waals surface area contributed by atoms with Crippen LogP contribution in [-0.4, -0.2) is 22.6 Å². The van der Waals surface area contributed by atoms with Gasteiger partial charge >= 0.3 is 5.97 Å². The number of halogens is 2. The Morgan fingerprint density at radius 3 is 2.69 bits per heavy atom. The molecule has 0 spiro atoms. The zero-order valence-corrected chi connectivity index (χ0v) is 9.34. The number of fused-ring (bicyclic) bond motifs is 1. The zero-order chi connectivity index (χ0) is 11.9. The van der Waals surface area contributed by atoms with E-state index in [9.17, 15) is 9.59 Å². The quantitative estimate of drug-likeness (QED) is 0.840. The molecule has 0 fully saturated rings. The van der Waals surface area contributed by atoms with Crippen LogP contribution in [0.3, 0.4) is 0 Å². The van der Waals surface area contributed by atoms with Crippen LogP contribution in [0.1, 0.15) is 5.56 Å². The molecule has 1 aromatic rings. The highest BCUT2D eigenvalue weighted by Crippen LogP contribution is 2.34. The van der Waals surface area contributed by atoms with Crippen LogP contribution in [0.4, 0.5) is 5.69 Å². The number of Topliss-reactive ketones (excluding diaryl/α,β-unsaturated/α-hetero) is 1. The summed E-state index contributed by atoms with van der Waals surface area (Å²) >= 11 is 11.6. The van der Waals surface area contributed by atoms with Crippen molar-refractivity contribution in [1.82, 2.24) is 0 Å². The monoisotopic (exact) mass is 257 g/mol. The van der Waals surface area contributed by atoms with Gasteiger partial charge in [-0.05, 0) is 12.1 Å². The summed E-state index contributed by atoms with van der Waals surface area (Å²) in [6.07, 6.45) is -0.0591. The lowest BCUT2D eigenvalue weighted by Gasteiger charge is -2.13. The number of rotatable bonds is 1. The number of carbonyl (C=O) groups is 2. The molecule has 16 heavy (non-hydrogen) atoms. The number of nitrogens with zero attached hydrogens (tertiary/aromatic N) is 1. The minimum Gasteiger partial charge on any atom is -0.476 e. The minimum absolute atomic E-state index is 0.0591. The first kappa shape index (κ1) is 11.1. The summed E-state index contributed by atoms with van der Waals surface area (Å²) < 4.78 is 0. The molecule has 0 amide bonds. The molecule has 2 rings (SSSR count). The summed E-state index contributed by atoms with van der Waals surface area (Å²) in [6.45, 7) is 0. The van der Waals surface area contributed by atoms with Crippen LogP contribution in [0.2, 0.25) is 10.0 Å². The number of benzene rings is 1. The number of aliphatic carboxylic acids is 1. The van der Waals surface area contributed by atoms with Gasteiger partial charge in [0.15, 0.2) is 11.5 Å². The fourth-order valence-electron chi connectivity index (χ4n) is 1.46. The van der Waals surface area contributed by atoms with Gasteiger partial charge in [0.05, 0.1) is 5.69 Å².